The highest BCUT2D eigenvalue weighted by molar-refractivity contribution is 5.80. The second-order valence-electron chi connectivity index (χ2n) is 5.08. The molecule has 0 aromatic heterocycles. The van der Waals surface area contributed by atoms with E-state index in [1.807, 2.05) is 48.2 Å². The Bertz CT molecular complexity index is 593. The molecule has 0 bridgehead atoms. The second-order valence-corrected chi connectivity index (χ2v) is 5.08. The number of hydrogen-bond donors (Lipinski definition) is 3. The van der Waals surface area contributed by atoms with Gasteiger partial charge in [0.1, 0.15) is 0 Å². The normalized spacial score (nSPS) is 10.6. The first-order valence-electron chi connectivity index (χ1n) is 7.09. The van der Waals surface area contributed by atoms with Crippen molar-refractivity contribution in [3.8, 4) is 11.1 Å². The van der Waals surface area contributed by atoms with Gasteiger partial charge in [-0.1, -0.05) is 29.8 Å². The van der Waals surface area contributed by atoms with Crippen molar-refractivity contribution in [2.24, 2.45) is 0 Å². The fourth-order valence-electron chi connectivity index (χ4n) is 2.41. The molecule has 0 atom stereocenters. The van der Waals surface area contributed by atoms with Gasteiger partial charge in [0, 0.05) is 30.0 Å². The molecule has 2 aromatic carbocycles. The van der Waals surface area contributed by atoms with E-state index in [1.165, 1.54) is 5.56 Å². The molecule has 0 heterocycles. The maximum Gasteiger partial charge on any atom is 0.0606 e. The smallest absolute Gasteiger partial charge is 0.0606 e. The summed E-state index contributed by atoms with van der Waals surface area (Å²) in [4.78, 5) is 1.94. The van der Waals surface area contributed by atoms with Crippen LogP contribution in [0, 0.1) is 6.92 Å². The lowest BCUT2D eigenvalue weighted by molar-refractivity contribution is 0.281. The molecule has 0 amide bonds. The van der Waals surface area contributed by atoms with Crippen molar-refractivity contribution in [2.45, 2.75) is 6.92 Å². The molecule has 4 heteroatoms. The Morgan fingerprint density at radius 3 is 2.33 bits per heavy atom. The zero-order chi connectivity index (χ0) is 15.2. The average Bonchev–Trinajstić information content (AvgIpc) is 2.47. The first kappa shape index (κ1) is 15.4. The Balaban J connectivity index is 2.40. The summed E-state index contributed by atoms with van der Waals surface area (Å²) in [6.45, 7) is 3.11. The van der Waals surface area contributed by atoms with E-state index in [4.69, 9.17) is 15.9 Å². The molecule has 0 aliphatic carbocycles. The second kappa shape index (κ2) is 7.11. The van der Waals surface area contributed by atoms with Crippen molar-refractivity contribution in [3.05, 3.63) is 48.0 Å². The fraction of sp³-hybridized carbons (Fsp3) is 0.294. The summed E-state index contributed by atoms with van der Waals surface area (Å²) in [6, 6.07) is 14.0. The third-order valence-electron chi connectivity index (χ3n) is 3.47. The molecule has 0 radical (unpaired) electrons. The monoisotopic (exact) mass is 286 g/mol. The summed E-state index contributed by atoms with van der Waals surface area (Å²) in [5, 5.41) is 18.3. The molecule has 0 saturated heterocycles. The SMILES string of the molecule is Cc1cccc(-c2cc(N(CCO)CCO)ccc2N)c1. The van der Waals surface area contributed by atoms with E-state index < -0.39 is 0 Å². The molecule has 0 spiro atoms. The summed E-state index contributed by atoms with van der Waals surface area (Å²) >= 11 is 0. The van der Waals surface area contributed by atoms with Crippen molar-refractivity contribution in [1.29, 1.82) is 0 Å². The van der Waals surface area contributed by atoms with Crippen LogP contribution in [0.25, 0.3) is 11.1 Å². The van der Waals surface area contributed by atoms with Gasteiger partial charge in [-0.25, -0.2) is 0 Å². The molecule has 0 saturated carbocycles. The predicted octanol–water partition coefficient (Wildman–Crippen LogP) is 2.04. The molecule has 112 valence electrons. The molecule has 4 N–H and O–H groups in total. The highest BCUT2D eigenvalue weighted by atomic mass is 16.3. The number of aryl methyl sites for hydroxylation is 1. The summed E-state index contributed by atoms with van der Waals surface area (Å²) in [6.07, 6.45) is 0. The Labute approximate surface area is 125 Å². The zero-order valence-corrected chi connectivity index (χ0v) is 12.3. The molecule has 0 unspecified atom stereocenters. The van der Waals surface area contributed by atoms with E-state index >= 15 is 0 Å². The third kappa shape index (κ3) is 3.74. The van der Waals surface area contributed by atoms with Crippen molar-refractivity contribution < 1.29 is 10.2 Å². The lowest BCUT2D eigenvalue weighted by atomic mass is 10.0. The van der Waals surface area contributed by atoms with Gasteiger partial charge < -0.3 is 20.8 Å². The summed E-state index contributed by atoms with van der Waals surface area (Å²) in [5.74, 6) is 0. The topological polar surface area (TPSA) is 69.7 Å². The average molecular weight is 286 g/mol. The Morgan fingerprint density at radius 1 is 1.00 bits per heavy atom. The molecule has 0 aliphatic heterocycles. The number of nitrogens with two attached hydrogens (primary N) is 1. The van der Waals surface area contributed by atoms with Crippen molar-refractivity contribution in [2.75, 3.05) is 36.9 Å². The van der Waals surface area contributed by atoms with E-state index in [-0.39, 0.29) is 13.2 Å². The van der Waals surface area contributed by atoms with Crippen LogP contribution in [0.15, 0.2) is 42.5 Å². The maximum atomic E-state index is 9.15. The lowest BCUT2D eigenvalue weighted by Gasteiger charge is -2.24. The van der Waals surface area contributed by atoms with Crippen LogP contribution in [0.4, 0.5) is 11.4 Å². The molecule has 4 nitrogen and oxygen atoms in total. The predicted molar refractivity (Wildman–Crippen MR) is 87.4 cm³/mol. The molecule has 2 rings (SSSR count). The first-order valence-corrected chi connectivity index (χ1v) is 7.09. The number of hydrogen-bond acceptors (Lipinski definition) is 4. The van der Waals surface area contributed by atoms with Gasteiger partial charge in [-0.05, 0) is 30.7 Å². The number of benzene rings is 2. The quantitative estimate of drug-likeness (QED) is 0.711. The molecular formula is C17H22N2O2. The molecular weight excluding hydrogens is 264 g/mol. The molecule has 0 aliphatic rings. The van der Waals surface area contributed by atoms with E-state index in [9.17, 15) is 0 Å². The summed E-state index contributed by atoms with van der Waals surface area (Å²) in [5.41, 5.74) is 11.0. The van der Waals surface area contributed by atoms with E-state index in [0.717, 1.165) is 22.5 Å². The molecule has 2 aromatic rings. The van der Waals surface area contributed by atoms with Crippen molar-refractivity contribution in [3.63, 3.8) is 0 Å². The van der Waals surface area contributed by atoms with Crippen LogP contribution < -0.4 is 10.6 Å². The Hall–Kier alpha value is -2.04. The van der Waals surface area contributed by atoms with Crippen LogP contribution in [0.5, 0.6) is 0 Å². The highest BCUT2D eigenvalue weighted by Crippen LogP contribution is 2.30. The molecule has 0 fully saturated rings. The number of aliphatic hydroxyl groups is 2. The highest BCUT2D eigenvalue weighted by Gasteiger charge is 2.09. The third-order valence-corrected chi connectivity index (χ3v) is 3.47. The Morgan fingerprint density at radius 2 is 1.71 bits per heavy atom. The summed E-state index contributed by atoms with van der Waals surface area (Å²) < 4.78 is 0. The number of anilines is 2. The fourth-order valence-corrected chi connectivity index (χ4v) is 2.41. The minimum atomic E-state index is 0.0458. The van der Waals surface area contributed by atoms with Gasteiger partial charge in [-0.2, -0.15) is 0 Å². The van der Waals surface area contributed by atoms with E-state index in [0.29, 0.717) is 13.1 Å². The largest absolute Gasteiger partial charge is 0.398 e. The number of nitrogen functional groups attached to an aromatic ring is 1. The van der Waals surface area contributed by atoms with E-state index in [1.54, 1.807) is 0 Å². The maximum absolute atomic E-state index is 9.15. The van der Waals surface area contributed by atoms with Crippen LogP contribution in [-0.4, -0.2) is 36.5 Å². The van der Waals surface area contributed by atoms with Gasteiger partial charge >= 0.3 is 0 Å². The Kier molecular flexibility index (Phi) is 5.20. The molecule has 21 heavy (non-hydrogen) atoms. The number of nitrogens with zero attached hydrogens (tertiary/aromatic N) is 1. The first-order chi connectivity index (χ1) is 10.2. The standard InChI is InChI=1S/C17H22N2O2/c1-13-3-2-4-14(11-13)16-12-15(5-6-17(16)18)19(7-9-20)8-10-21/h2-6,11-12,20-21H,7-10,18H2,1H3. The van der Waals surface area contributed by atoms with Crippen LogP contribution in [0.2, 0.25) is 0 Å². The van der Waals surface area contributed by atoms with Crippen molar-refractivity contribution >= 4 is 11.4 Å². The lowest BCUT2D eigenvalue weighted by Crippen LogP contribution is -2.29. The van der Waals surface area contributed by atoms with E-state index in [2.05, 4.69) is 6.07 Å². The van der Waals surface area contributed by atoms with Gasteiger partial charge in [0.25, 0.3) is 0 Å². The van der Waals surface area contributed by atoms with Crippen LogP contribution in [0.1, 0.15) is 5.56 Å². The van der Waals surface area contributed by atoms with Crippen molar-refractivity contribution in [1.82, 2.24) is 0 Å². The number of aliphatic hydroxyl groups excluding tert-OH is 2. The van der Waals surface area contributed by atoms with Crippen LogP contribution in [-0.2, 0) is 0 Å². The zero-order valence-electron chi connectivity index (χ0n) is 12.3. The van der Waals surface area contributed by atoms with Gasteiger partial charge in [-0.15, -0.1) is 0 Å². The number of rotatable bonds is 6. The van der Waals surface area contributed by atoms with Gasteiger partial charge in [0.2, 0.25) is 0 Å². The minimum Gasteiger partial charge on any atom is -0.398 e. The van der Waals surface area contributed by atoms with Gasteiger partial charge in [0.05, 0.1) is 13.2 Å². The van der Waals surface area contributed by atoms with Gasteiger partial charge in [0.15, 0.2) is 0 Å². The van der Waals surface area contributed by atoms with Crippen LogP contribution >= 0.6 is 0 Å². The van der Waals surface area contributed by atoms with Crippen LogP contribution in [0.3, 0.4) is 0 Å². The minimum absolute atomic E-state index is 0.0458. The summed E-state index contributed by atoms with van der Waals surface area (Å²) in [7, 11) is 0. The van der Waals surface area contributed by atoms with Gasteiger partial charge in [-0.3, -0.25) is 0 Å².